The van der Waals surface area contributed by atoms with Crippen LogP contribution in [0, 0.1) is 17.6 Å². The number of nitrogens with one attached hydrogen (secondary N) is 1. The lowest BCUT2D eigenvalue weighted by Crippen LogP contribution is -2.32. The van der Waals surface area contributed by atoms with Gasteiger partial charge in [0.15, 0.2) is 0 Å². The molecule has 2 aliphatic heterocycles. The number of carbonyl (C=O) groups excluding carboxylic acids is 2. The lowest BCUT2D eigenvalue weighted by molar-refractivity contribution is -0.122. The summed E-state index contributed by atoms with van der Waals surface area (Å²) in [6.07, 6.45) is -0.00617. The summed E-state index contributed by atoms with van der Waals surface area (Å²) in [4.78, 5) is 28.7. The van der Waals surface area contributed by atoms with Gasteiger partial charge in [0.05, 0.1) is 11.6 Å². The third-order valence-electron chi connectivity index (χ3n) is 5.40. The summed E-state index contributed by atoms with van der Waals surface area (Å²) in [5.74, 6) is -0.468. The van der Waals surface area contributed by atoms with Crippen molar-refractivity contribution < 1.29 is 18.4 Å². The van der Waals surface area contributed by atoms with Crippen LogP contribution in [0.1, 0.15) is 12.0 Å². The van der Waals surface area contributed by atoms with E-state index < -0.39 is 17.6 Å². The summed E-state index contributed by atoms with van der Waals surface area (Å²) in [6, 6.07) is 10.8. The Kier molecular flexibility index (Phi) is 6.34. The van der Waals surface area contributed by atoms with Crippen LogP contribution in [0.2, 0.25) is 0 Å². The SMILES string of the molecule is O=C(Nc1cccc(CN2CCSCC2)c1)C1CC(=O)N(c2ccc(F)cc2F)C1. The van der Waals surface area contributed by atoms with E-state index in [1.807, 2.05) is 36.0 Å². The van der Waals surface area contributed by atoms with Gasteiger partial charge in [-0.15, -0.1) is 0 Å². The Morgan fingerprint density at radius 2 is 1.93 bits per heavy atom. The van der Waals surface area contributed by atoms with Crippen molar-refractivity contribution in [3.8, 4) is 0 Å². The summed E-state index contributed by atoms with van der Waals surface area (Å²) in [5, 5.41) is 2.88. The molecule has 158 valence electrons. The molecule has 0 bridgehead atoms. The van der Waals surface area contributed by atoms with Crippen molar-refractivity contribution >= 4 is 35.0 Å². The highest BCUT2D eigenvalue weighted by atomic mass is 32.2. The topological polar surface area (TPSA) is 52.7 Å². The number of halogens is 2. The van der Waals surface area contributed by atoms with Gasteiger partial charge in [0.25, 0.3) is 0 Å². The van der Waals surface area contributed by atoms with Crippen LogP contribution in [0.4, 0.5) is 20.2 Å². The van der Waals surface area contributed by atoms with Crippen molar-refractivity contribution in [1.29, 1.82) is 0 Å². The van der Waals surface area contributed by atoms with Gasteiger partial charge in [0.1, 0.15) is 11.6 Å². The molecule has 1 atom stereocenters. The van der Waals surface area contributed by atoms with Gasteiger partial charge in [0, 0.05) is 55.9 Å². The van der Waals surface area contributed by atoms with Gasteiger partial charge in [-0.2, -0.15) is 11.8 Å². The molecular weight excluding hydrogens is 408 g/mol. The summed E-state index contributed by atoms with van der Waals surface area (Å²) < 4.78 is 27.2. The van der Waals surface area contributed by atoms with Gasteiger partial charge in [-0.1, -0.05) is 12.1 Å². The predicted octanol–water partition coefficient (Wildman–Crippen LogP) is 3.51. The molecule has 0 aromatic heterocycles. The molecule has 0 radical (unpaired) electrons. The zero-order valence-corrected chi connectivity index (χ0v) is 17.3. The fourth-order valence-corrected chi connectivity index (χ4v) is 4.80. The van der Waals surface area contributed by atoms with E-state index in [0.29, 0.717) is 5.69 Å². The molecule has 2 heterocycles. The quantitative estimate of drug-likeness (QED) is 0.787. The second-order valence-corrected chi connectivity index (χ2v) is 8.80. The van der Waals surface area contributed by atoms with E-state index >= 15 is 0 Å². The van der Waals surface area contributed by atoms with Crippen molar-refractivity contribution in [3.05, 3.63) is 59.7 Å². The molecule has 1 unspecified atom stereocenters. The average molecular weight is 432 g/mol. The molecule has 5 nitrogen and oxygen atoms in total. The van der Waals surface area contributed by atoms with Gasteiger partial charge in [0.2, 0.25) is 11.8 Å². The maximum atomic E-state index is 14.0. The molecule has 2 amide bonds. The Morgan fingerprint density at radius 3 is 2.70 bits per heavy atom. The van der Waals surface area contributed by atoms with E-state index in [1.54, 1.807) is 0 Å². The molecule has 2 fully saturated rings. The van der Waals surface area contributed by atoms with Crippen LogP contribution in [-0.4, -0.2) is 47.9 Å². The molecule has 0 saturated carbocycles. The fraction of sp³-hybridized carbons (Fsp3) is 0.364. The maximum Gasteiger partial charge on any atom is 0.229 e. The monoisotopic (exact) mass is 431 g/mol. The first-order chi connectivity index (χ1) is 14.5. The van der Waals surface area contributed by atoms with E-state index in [-0.39, 0.29) is 30.5 Å². The first kappa shape index (κ1) is 20.8. The van der Waals surface area contributed by atoms with E-state index in [9.17, 15) is 18.4 Å². The zero-order chi connectivity index (χ0) is 21.1. The van der Waals surface area contributed by atoms with Crippen LogP contribution in [0.15, 0.2) is 42.5 Å². The third kappa shape index (κ3) is 4.82. The van der Waals surface area contributed by atoms with Crippen molar-refractivity contribution in [1.82, 2.24) is 4.90 Å². The minimum absolute atomic E-state index is 0.00149. The Hall–Kier alpha value is -2.45. The highest BCUT2D eigenvalue weighted by Crippen LogP contribution is 2.28. The molecule has 0 aliphatic carbocycles. The Labute approximate surface area is 178 Å². The number of carbonyl (C=O) groups is 2. The summed E-state index contributed by atoms with van der Waals surface area (Å²) in [5.41, 5.74) is 1.80. The van der Waals surface area contributed by atoms with Gasteiger partial charge in [-0.05, 0) is 29.8 Å². The molecule has 0 spiro atoms. The van der Waals surface area contributed by atoms with Gasteiger partial charge >= 0.3 is 0 Å². The lowest BCUT2D eigenvalue weighted by atomic mass is 10.1. The number of nitrogens with zero attached hydrogens (tertiary/aromatic N) is 2. The van der Waals surface area contributed by atoms with Crippen LogP contribution in [0.5, 0.6) is 0 Å². The van der Waals surface area contributed by atoms with Gasteiger partial charge < -0.3 is 10.2 Å². The number of anilines is 2. The first-order valence-electron chi connectivity index (χ1n) is 9.95. The second-order valence-electron chi connectivity index (χ2n) is 7.58. The molecule has 2 aromatic carbocycles. The van der Waals surface area contributed by atoms with Crippen LogP contribution in [-0.2, 0) is 16.1 Å². The zero-order valence-electron chi connectivity index (χ0n) is 16.4. The Morgan fingerprint density at radius 1 is 1.13 bits per heavy atom. The lowest BCUT2D eigenvalue weighted by Gasteiger charge is -2.26. The molecule has 1 N–H and O–H groups in total. The van der Waals surface area contributed by atoms with Crippen molar-refractivity contribution in [2.24, 2.45) is 5.92 Å². The molecule has 2 saturated heterocycles. The van der Waals surface area contributed by atoms with Gasteiger partial charge in [-0.25, -0.2) is 8.78 Å². The number of amides is 2. The second kappa shape index (κ2) is 9.14. The van der Waals surface area contributed by atoms with Gasteiger partial charge in [-0.3, -0.25) is 14.5 Å². The standard InChI is InChI=1S/C22H23F2N3O2S/c23-17-4-5-20(19(24)12-17)27-14-16(11-21(27)28)22(29)25-18-3-1-2-15(10-18)13-26-6-8-30-9-7-26/h1-5,10,12,16H,6-9,11,13-14H2,(H,25,29). The Bertz CT molecular complexity index is 950. The first-order valence-corrected chi connectivity index (χ1v) is 11.1. The molecule has 2 aliphatic rings. The summed E-state index contributed by atoms with van der Waals surface area (Å²) in [6.45, 7) is 3.02. The van der Waals surface area contributed by atoms with E-state index in [0.717, 1.165) is 48.8 Å². The molecule has 4 rings (SSSR count). The predicted molar refractivity (Wildman–Crippen MR) is 114 cm³/mol. The summed E-state index contributed by atoms with van der Waals surface area (Å²) >= 11 is 1.96. The normalized spacial score (nSPS) is 19.9. The number of rotatable bonds is 5. The molecular formula is C22H23F2N3O2S. The minimum Gasteiger partial charge on any atom is -0.326 e. The van der Waals surface area contributed by atoms with Crippen molar-refractivity contribution in [2.75, 3.05) is 41.4 Å². The molecule has 2 aromatic rings. The van der Waals surface area contributed by atoms with Crippen molar-refractivity contribution in [2.45, 2.75) is 13.0 Å². The molecule has 30 heavy (non-hydrogen) atoms. The summed E-state index contributed by atoms with van der Waals surface area (Å²) in [7, 11) is 0. The highest BCUT2D eigenvalue weighted by Gasteiger charge is 2.36. The van der Waals surface area contributed by atoms with E-state index in [4.69, 9.17) is 0 Å². The maximum absolute atomic E-state index is 14.0. The number of hydrogen-bond donors (Lipinski definition) is 1. The van der Waals surface area contributed by atoms with E-state index in [2.05, 4.69) is 10.2 Å². The Balaban J connectivity index is 1.39. The average Bonchev–Trinajstić information content (AvgIpc) is 3.11. The number of benzene rings is 2. The fourth-order valence-electron chi connectivity index (χ4n) is 3.83. The van der Waals surface area contributed by atoms with Crippen LogP contribution >= 0.6 is 11.8 Å². The smallest absolute Gasteiger partial charge is 0.229 e. The third-order valence-corrected chi connectivity index (χ3v) is 6.34. The number of thioether (sulfide) groups is 1. The van der Waals surface area contributed by atoms with Crippen LogP contribution in [0.3, 0.4) is 0 Å². The van der Waals surface area contributed by atoms with Crippen molar-refractivity contribution in [3.63, 3.8) is 0 Å². The van der Waals surface area contributed by atoms with Crippen LogP contribution < -0.4 is 10.2 Å². The largest absolute Gasteiger partial charge is 0.326 e. The minimum atomic E-state index is -0.812. The number of hydrogen-bond acceptors (Lipinski definition) is 4. The van der Waals surface area contributed by atoms with E-state index in [1.165, 1.54) is 11.0 Å². The molecule has 8 heteroatoms. The highest BCUT2D eigenvalue weighted by molar-refractivity contribution is 7.99. The van der Waals surface area contributed by atoms with Crippen LogP contribution in [0.25, 0.3) is 0 Å².